The number of aromatic nitrogens is 4. The largest absolute Gasteiger partial charge is 0.487 e. The lowest BCUT2D eigenvalue weighted by molar-refractivity contribution is 0.301. The maximum absolute atomic E-state index is 5.78. The van der Waals surface area contributed by atoms with Crippen LogP contribution in [0.4, 0.5) is 0 Å². The summed E-state index contributed by atoms with van der Waals surface area (Å²) in [6.45, 7) is 0.458. The lowest BCUT2D eigenvalue weighted by Gasteiger charge is -2.05. The number of ether oxygens (including phenoxy) is 1. The van der Waals surface area contributed by atoms with Crippen molar-refractivity contribution in [2.45, 2.75) is 6.61 Å². The molecule has 0 aliphatic carbocycles. The van der Waals surface area contributed by atoms with Gasteiger partial charge in [-0.05, 0) is 71.1 Å². The molecule has 0 atom stereocenters. The van der Waals surface area contributed by atoms with E-state index in [1.165, 1.54) is 5.39 Å². The summed E-state index contributed by atoms with van der Waals surface area (Å²) in [4.78, 5) is 7.50. The van der Waals surface area contributed by atoms with Crippen LogP contribution in [0.25, 0.3) is 35.2 Å². The fourth-order valence-corrected chi connectivity index (χ4v) is 3.38. The molecule has 156 valence electrons. The lowest BCUT2D eigenvalue weighted by atomic mass is 10.1. The van der Waals surface area contributed by atoms with Crippen LogP contribution in [0.15, 0.2) is 85.2 Å². The second-order valence-electron chi connectivity index (χ2n) is 7.42. The Labute approximate surface area is 186 Å². The SMILES string of the molecule is C(=C\c1cc(/C=C/c2ccc3cc[nH]c3c2)n[nH]1)/c1ccc(OCc2ccccn2)cc1. The van der Waals surface area contributed by atoms with Crippen molar-refractivity contribution in [2.75, 3.05) is 0 Å². The van der Waals surface area contributed by atoms with Crippen LogP contribution >= 0.6 is 0 Å². The maximum atomic E-state index is 5.78. The summed E-state index contributed by atoms with van der Waals surface area (Å²) in [6, 6.07) is 24.2. The number of H-pyrrole nitrogens is 2. The summed E-state index contributed by atoms with van der Waals surface area (Å²) < 4.78 is 5.78. The highest BCUT2D eigenvalue weighted by Gasteiger charge is 1.99. The van der Waals surface area contributed by atoms with Gasteiger partial charge < -0.3 is 9.72 Å². The lowest BCUT2D eigenvalue weighted by Crippen LogP contribution is -1.97. The van der Waals surface area contributed by atoms with Crippen molar-refractivity contribution in [1.29, 1.82) is 0 Å². The summed E-state index contributed by atoms with van der Waals surface area (Å²) >= 11 is 0. The molecule has 5 rings (SSSR count). The Hall–Kier alpha value is -4.38. The molecule has 0 saturated heterocycles. The quantitative estimate of drug-likeness (QED) is 0.330. The molecule has 5 nitrogen and oxygen atoms in total. The smallest absolute Gasteiger partial charge is 0.130 e. The molecule has 0 aliphatic heterocycles. The molecule has 0 aliphatic rings. The number of nitrogens with one attached hydrogen (secondary N) is 2. The van der Waals surface area contributed by atoms with Gasteiger partial charge in [-0.1, -0.05) is 42.5 Å². The van der Waals surface area contributed by atoms with Gasteiger partial charge in [0, 0.05) is 17.9 Å². The van der Waals surface area contributed by atoms with Crippen LogP contribution in [-0.2, 0) is 6.61 Å². The second-order valence-corrected chi connectivity index (χ2v) is 7.42. The van der Waals surface area contributed by atoms with Crippen molar-refractivity contribution in [2.24, 2.45) is 0 Å². The summed E-state index contributed by atoms with van der Waals surface area (Å²) in [5, 5.41) is 8.64. The van der Waals surface area contributed by atoms with Crippen molar-refractivity contribution in [3.63, 3.8) is 0 Å². The number of hydrogen-bond donors (Lipinski definition) is 2. The monoisotopic (exact) mass is 418 g/mol. The van der Waals surface area contributed by atoms with E-state index in [2.05, 4.69) is 50.5 Å². The predicted octanol–water partition coefficient (Wildman–Crippen LogP) is 6.21. The zero-order chi connectivity index (χ0) is 21.6. The molecule has 0 unspecified atom stereocenters. The molecule has 3 heterocycles. The van der Waals surface area contributed by atoms with Crippen LogP contribution in [0.2, 0.25) is 0 Å². The Bertz CT molecular complexity index is 1360. The highest BCUT2D eigenvalue weighted by atomic mass is 16.5. The molecule has 0 amide bonds. The van der Waals surface area contributed by atoms with Gasteiger partial charge >= 0.3 is 0 Å². The van der Waals surface area contributed by atoms with Crippen molar-refractivity contribution < 1.29 is 4.74 Å². The van der Waals surface area contributed by atoms with Crippen molar-refractivity contribution in [3.05, 3.63) is 113 Å². The molecule has 2 aromatic carbocycles. The fourth-order valence-electron chi connectivity index (χ4n) is 3.38. The second kappa shape index (κ2) is 9.18. The standard InChI is InChI=1S/C27H22N4O/c1-2-15-28-25(3-1)19-32-26-12-7-20(8-13-26)5-10-23-18-24(31-30-23)11-6-21-4-9-22-14-16-29-27(22)17-21/h1-18,29H,19H2,(H,30,31)/b10-5+,11-6+. The van der Waals surface area contributed by atoms with E-state index in [1.54, 1.807) is 6.20 Å². The first-order chi connectivity index (χ1) is 15.8. The molecule has 2 N–H and O–H groups in total. The molecule has 0 saturated carbocycles. The molecular formula is C27H22N4O. The van der Waals surface area contributed by atoms with Crippen LogP contribution in [0.3, 0.4) is 0 Å². The highest BCUT2D eigenvalue weighted by Crippen LogP contribution is 2.18. The summed E-state index contributed by atoms with van der Waals surface area (Å²) in [5.41, 5.74) is 6.08. The van der Waals surface area contributed by atoms with Crippen LogP contribution in [0, 0.1) is 0 Å². The third kappa shape index (κ3) is 4.84. The van der Waals surface area contributed by atoms with Crippen LogP contribution < -0.4 is 4.74 Å². The first-order valence-electron chi connectivity index (χ1n) is 10.4. The van der Waals surface area contributed by atoms with Gasteiger partial charge in [0.15, 0.2) is 0 Å². The number of nitrogens with zero attached hydrogens (tertiary/aromatic N) is 2. The Morgan fingerprint density at radius 3 is 2.56 bits per heavy atom. The third-order valence-electron chi connectivity index (χ3n) is 5.09. The summed E-state index contributed by atoms with van der Waals surface area (Å²) in [6.07, 6.45) is 11.8. The van der Waals surface area contributed by atoms with E-state index < -0.39 is 0 Å². The third-order valence-corrected chi connectivity index (χ3v) is 5.09. The van der Waals surface area contributed by atoms with E-state index >= 15 is 0 Å². The number of hydrogen-bond acceptors (Lipinski definition) is 3. The van der Waals surface area contributed by atoms with Crippen LogP contribution in [-0.4, -0.2) is 20.2 Å². The van der Waals surface area contributed by atoms with Crippen molar-refractivity contribution in [3.8, 4) is 5.75 Å². The van der Waals surface area contributed by atoms with Gasteiger partial charge in [0.2, 0.25) is 0 Å². The molecule has 0 bridgehead atoms. The van der Waals surface area contributed by atoms with Gasteiger partial charge in [-0.3, -0.25) is 10.1 Å². The van der Waals surface area contributed by atoms with E-state index in [9.17, 15) is 0 Å². The fraction of sp³-hybridized carbons (Fsp3) is 0.0370. The van der Waals surface area contributed by atoms with Gasteiger partial charge in [-0.25, -0.2) is 0 Å². The Balaban J connectivity index is 1.18. The van der Waals surface area contributed by atoms with Crippen molar-refractivity contribution in [1.82, 2.24) is 20.2 Å². The molecule has 3 aromatic heterocycles. The van der Waals surface area contributed by atoms with Gasteiger partial charge in [-0.15, -0.1) is 0 Å². The molecule has 5 aromatic rings. The number of pyridine rings is 1. The predicted molar refractivity (Wildman–Crippen MR) is 130 cm³/mol. The van der Waals surface area contributed by atoms with Crippen molar-refractivity contribution >= 4 is 35.2 Å². The van der Waals surface area contributed by atoms with Gasteiger partial charge in [0.05, 0.1) is 17.1 Å². The molecule has 0 radical (unpaired) electrons. The van der Waals surface area contributed by atoms with Crippen LogP contribution in [0.1, 0.15) is 28.2 Å². The van der Waals surface area contributed by atoms with Crippen LogP contribution in [0.5, 0.6) is 5.75 Å². The maximum Gasteiger partial charge on any atom is 0.130 e. The summed E-state index contributed by atoms with van der Waals surface area (Å²) in [7, 11) is 0. The Morgan fingerprint density at radius 1 is 0.812 bits per heavy atom. The van der Waals surface area contributed by atoms with Gasteiger partial charge in [-0.2, -0.15) is 5.10 Å². The first-order valence-corrected chi connectivity index (χ1v) is 10.4. The van der Waals surface area contributed by atoms with E-state index in [1.807, 2.05) is 73.0 Å². The minimum atomic E-state index is 0.458. The van der Waals surface area contributed by atoms with E-state index in [0.29, 0.717) is 6.61 Å². The van der Waals surface area contributed by atoms with Gasteiger partial charge in [0.1, 0.15) is 12.4 Å². The molecule has 0 spiro atoms. The summed E-state index contributed by atoms with van der Waals surface area (Å²) in [5.74, 6) is 0.819. The zero-order valence-corrected chi connectivity index (χ0v) is 17.4. The normalized spacial score (nSPS) is 11.6. The topological polar surface area (TPSA) is 66.6 Å². The molecular weight excluding hydrogens is 396 g/mol. The number of aromatic amines is 2. The number of fused-ring (bicyclic) bond motifs is 1. The molecule has 0 fully saturated rings. The number of rotatable bonds is 7. The Kier molecular flexibility index (Phi) is 5.62. The zero-order valence-electron chi connectivity index (χ0n) is 17.4. The van der Waals surface area contributed by atoms with E-state index in [-0.39, 0.29) is 0 Å². The molecule has 32 heavy (non-hydrogen) atoms. The Morgan fingerprint density at radius 2 is 1.69 bits per heavy atom. The average Bonchev–Trinajstić information content (AvgIpc) is 3.50. The minimum Gasteiger partial charge on any atom is -0.487 e. The number of benzene rings is 2. The highest BCUT2D eigenvalue weighted by molar-refractivity contribution is 5.83. The minimum absolute atomic E-state index is 0.458. The average molecular weight is 419 g/mol. The van der Waals surface area contributed by atoms with Gasteiger partial charge in [0.25, 0.3) is 0 Å². The molecule has 5 heteroatoms. The first kappa shape index (κ1) is 19.6. The van der Waals surface area contributed by atoms with E-state index in [0.717, 1.165) is 39.5 Å². The van der Waals surface area contributed by atoms with E-state index in [4.69, 9.17) is 4.74 Å².